The molecule has 3 rings (SSSR count). The van der Waals surface area contributed by atoms with Crippen LogP contribution in [0.3, 0.4) is 0 Å². The Morgan fingerprint density at radius 2 is 2.28 bits per heavy atom. The third kappa shape index (κ3) is 1.80. The summed E-state index contributed by atoms with van der Waals surface area (Å²) < 4.78 is 2.09. The van der Waals surface area contributed by atoms with Crippen molar-refractivity contribution in [2.45, 2.75) is 33.2 Å². The molecule has 1 aliphatic heterocycles. The van der Waals surface area contributed by atoms with Gasteiger partial charge < -0.3 is 5.32 Å². The molecule has 94 valence electrons. The summed E-state index contributed by atoms with van der Waals surface area (Å²) >= 11 is 0. The minimum absolute atomic E-state index is 0.995. The zero-order valence-corrected chi connectivity index (χ0v) is 11.0. The number of anilines is 1. The van der Waals surface area contributed by atoms with Gasteiger partial charge in [-0.15, -0.1) is 0 Å². The first-order chi connectivity index (χ1) is 8.79. The van der Waals surface area contributed by atoms with Crippen molar-refractivity contribution in [3.8, 4) is 11.1 Å². The van der Waals surface area contributed by atoms with Gasteiger partial charge in [-0.05, 0) is 37.0 Å². The van der Waals surface area contributed by atoms with Crippen molar-refractivity contribution in [1.29, 1.82) is 0 Å². The maximum Gasteiger partial charge on any atom is 0.0571 e. The zero-order chi connectivity index (χ0) is 12.5. The first-order valence-corrected chi connectivity index (χ1v) is 6.69. The average Bonchev–Trinajstić information content (AvgIpc) is 2.97. The maximum absolute atomic E-state index is 4.47. The van der Waals surface area contributed by atoms with Crippen LogP contribution in [0.5, 0.6) is 0 Å². The number of fused-ring (bicyclic) bond motifs is 1. The third-order valence-electron chi connectivity index (χ3n) is 3.67. The summed E-state index contributed by atoms with van der Waals surface area (Å²) in [6.45, 7) is 6.39. The van der Waals surface area contributed by atoms with Crippen LogP contribution in [0.4, 0.5) is 5.69 Å². The van der Waals surface area contributed by atoms with E-state index >= 15 is 0 Å². The molecule has 0 radical (unpaired) electrons. The van der Waals surface area contributed by atoms with Crippen molar-refractivity contribution in [2.75, 3.05) is 11.9 Å². The smallest absolute Gasteiger partial charge is 0.0571 e. The normalized spacial score (nSPS) is 13.4. The number of benzene rings is 1. The van der Waals surface area contributed by atoms with Crippen molar-refractivity contribution in [2.24, 2.45) is 0 Å². The Morgan fingerprint density at radius 1 is 1.39 bits per heavy atom. The lowest BCUT2D eigenvalue weighted by Gasteiger charge is -2.06. The molecule has 3 heteroatoms. The summed E-state index contributed by atoms with van der Waals surface area (Å²) in [4.78, 5) is 0. The second kappa shape index (κ2) is 4.48. The minimum Gasteiger partial charge on any atom is -0.384 e. The van der Waals surface area contributed by atoms with Gasteiger partial charge in [0.15, 0.2) is 0 Å². The van der Waals surface area contributed by atoms with Crippen LogP contribution in [-0.4, -0.2) is 16.3 Å². The van der Waals surface area contributed by atoms with Crippen LogP contribution in [0.2, 0.25) is 0 Å². The molecule has 2 heterocycles. The zero-order valence-electron chi connectivity index (χ0n) is 11.0. The molecule has 1 aromatic carbocycles. The Kier molecular flexibility index (Phi) is 2.82. The molecule has 1 aromatic heterocycles. The van der Waals surface area contributed by atoms with Gasteiger partial charge in [-0.2, -0.15) is 5.10 Å². The van der Waals surface area contributed by atoms with Crippen molar-refractivity contribution in [3.05, 3.63) is 35.7 Å². The summed E-state index contributed by atoms with van der Waals surface area (Å²) in [5, 5.41) is 7.91. The van der Waals surface area contributed by atoms with E-state index in [9.17, 15) is 0 Å². The van der Waals surface area contributed by atoms with E-state index in [1.165, 1.54) is 28.1 Å². The Bertz CT molecular complexity index is 569. The SMILES string of the molecule is CCCn1ncc(-c2ccc3c(c2)NCC3)c1C. The molecule has 18 heavy (non-hydrogen) atoms. The lowest BCUT2D eigenvalue weighted by atomic mass is 10.0. The number of nitrogens with zero attached hydrogens (tertiary/aromatic N) is 2. The summed E-state index contributed by atoms with van der Waals surface area (Å²) in [5.41, 5.74) is 6.49. The van der Waals surface area contributed by atoms with Gasteiger partial charge in [0.05, 0.1) is 6.20 Å². The predicted molar refractivity (Wildman–Crippen MR) is 74.9 cm³/mol. The Labute approximate surface area is 108 Å². The summed E-state index contributed by atoms with van der Waals surface area (Å²) in [5.74, 6) is 0. The highest BCUT2D eigenvalue weighted by molar-refractivity contribution is 5.72. The number of aromatic nitrogens is 2. The molecule has 0 spiro atoms. The number of hydrogen-bond acceptors (Lipinski definition) is 2. The Balaban J connectivity index is 1.99. The average molecular weight is 241 g/mol. The number of aryl methyl sites for hydroxylation is 1. The summed E-state index contributed by atoms with van der Waals surface area (Å²) in [6, 6.07) is 6.70. The standard InChI is InChI=1S/C15H19N3/c1-3-8-18-11(2)14(10-17-18)13-5-4-12-6-7-16-15(12)9-13/h4-5,9-10,16H,3,6-8H2,1-2H3. The first kappa shape index (κ1) is 11.3. The fourth-order valence-corrected chi connectivity index (χ4v) is 2.63. The number of nitrogens with one attached hydrogen (secondary N) is 1. The lowest BCUT2D eigenvalue weighted by molar-refractivity contribution is 0.587. The molecular weight excluding hydrogens is 222 g/mol. The largest absolute Gasteiger partial charge is 0.384 e. The molecule has 1 aliphatic rings. The third-order valence-corrected chi connectivity index (χ3v) is 3.67. The fraction of sp³-hybridized carbons (Fsp3) is 0.400. The van der Waals surface area contributed by atoms with Crippen LogP contribution >= 0.6 is 0 Å². The van der Waals surface area contributed by atoms with Crippen LogP contribution in [0.15, 0.2) is 24.4 Å². The van der Waals surface area contributed by atoms with Gasteiger partial charge in [0.2, 0.25) is 0 Å². The molecule has 0 atom stereocenters. The summed E-state index contributed by atoms with van der Waals surface area (Å²) in [6.07, 6.45) is 4.25. The molecule has 2 aromatic rings. The van der Waals surface area contributed by atoms with E-state index in [0.717, 1.165) is 25.9 Å². The van der Waals surface area contributed by atoms with Gasteiger partial charge in [0.1, 0.15) is 0 Å². The minimum atomic E-state index is 0.995. The van der Waals surface area contributed by atoms with Crippen LogP contribution in [0.25, 0.3) is 11.1 Å². The number of hydrogen-bond donors (Lipinski definition) is 1. The maximum atomic E-state index is 4.47. The molecule has 1 N–H and O–H groups in total. The van der Waals surface area contributed by atoms with E-state index in [4.69, 9.17) is 0 Å². The van der Waals surface area contributed by atoms with Gasteiger partial charge in [0, 0.05) is 30.0 Å². The van der Waals surface area contributed by atoms with Gasteiger partial charge in [-0.3, -0.25) is 4.68 Å². The van der Waals surface area contributed by atoms with E-state index in [1.807, 2.05) is 6.20 Å². The topological polar surface area (TPSA) is 29.9 Å². The second-order valence-electron chi connectivity index (χ2n) is 4.92. The van der Waals surface area contributed by atoms with E-state index in [0.29, 0.717) is 0 Å². The van der Waals surface area contributed by atoms with E-state index in [1.54, 1.807) is 0 Å². The van der Waals surface area contributed by atoms with Crippen LogP contribution in [0.1, 0.15) is 24.6 Å². The lowest BCUT2D eigenvalue weighted by Crippen LogP contribution is -2.00. The molecule has 3 nitrogen and oxygen atoms in total. The highest BCUT2D eigenvalue weighted by Gasteiger charge is 2.13. The highest BCUT2D eigenvalue weighted by Crippen LogP contribution is 2.30. The second-order valence-corrected chi connectivity index (χ2v) is 4.92. The van der Waals surface area contributed by atoms with E-state index < -0.39 is 0 Å². The van der Waals surface area contributed by atoms with E-state index in [2.05, 4.69) is 47.1 Å². The molecule has 0 unspecified atom stereocenters. The fourth-order valence-electron chi connectivity index (χ4n) is 2.63. The first-order valence-electron chi connectivity index (χ1n) is 6.69. The molecule has 0 fully saturated rings. The monoisotopic (exact) mass is 241 g/mol. The summed E-state index contributed by atoms with van der Waals surface area (Å²) in [7, 11) is 0. The predicted octanol–water partition coefficient (Wildman–Crippen LogP) is 3.24. The van der Waals surface area contributed by atoms with Crippen molar-refractivity contribution >= 4 is 5.69 Å². The molecular formula is C15H19N3. The molecule has 0 saturated heterocycles. The highest BCUT2D eigenvalue weighted by atomic mass is 15.3. The van der Waals surface area contributed by atoms with Gasteiger partial charge in [-0.25, -0.2) is 0 Å². The van der Waals surface area contributed by atoms with Crippen molar-refractivity contribution < 1.29 is 0 Å². The van der Waals surface area contributed by atoms with Gasteiger partial charge in [-0.1, -0.05) is 19.1 Å². The van der Waals surface area contributed by atoms with Crippen LogP contribution < -0.4 is 5.32 Å². The van der Waals surface area contributed by atoms with Gasteiger partial charge in [0.25, 0.3) is 0 Å². The van der Waals surface area contributed by atoms with Crippen LogP contribution in [-0.2, 0) is 13.0 Å². The van der Waals surface area contributed by atoms with Crippen LogP contribution in [0, 0.1) is 6.92 Å². The van der Waals surface area contributed by atoms with Crippen molar-refractivity contribution in [1.82, 2.24) is 9.78 Å². The molecule has 0 aliphatic carbocycles. The molecule has 0 bridgehead atoms. The van der Waals surface area contributed by atoms with Gasteiger partial charge >= 0.3 is 0 Å². The Hall–Kier alpha value is -1.77. The molecule has 0 saturated carbocycles. The Morgan fingerprint density at radius 3 is 3.11 bits per heavy atom. The molecule has 0 amide bonds. The number of rotatable bonds is 3. The van der Waals surface area contributed by atoms with E-state index in [-0.39, 0.29) is 0 Å². The van der Waals surface area contributed by atoms with Crippen molar-refractivity contribution in [3.63, 3.8) is 0 Å². The quantitative estimate of drug-likeness (QED) is 0.894.